The standard InChI is InChI=1S/C19H17N3O2/c1-23-18-10-14-16(6-8-21-17(14)11-19(18)24-2)22-13-3-4-15-12(9-13)5-7-20-15/h3-11,20H,1-2H3,(H,21,22). The van der Waals surface area contributed by atoms with E-state index in [2.05, 4.69) is 33.5 Å². The van der Waals surface area contributed by atoms with Gasteiger partial charge in [-0.05, 0) is 36.4 Å². The molecule has 0 radical (unpaired) electrons. The Bertz CT molecular complexity index is 1020. The molecule has 24 heavy (non-hydrogen) atoms. The van der Waals surface area contributed by atoms with Crippen LogP contribution in [0.2, 0.25) is 0 Å². The van der Waals surface area contributed by atoms with Gasteiger partial charge in [-0.2, -0.15) is 0 Å². The first-order valence-corrected chi connectivity index (χ1v) is 7.63. The topological polar surface area (TPSA) is 59.2 Å². The Balaban J connectivity index is 1.80. The van der Waals surface area contributed by atoms with Crippen molar-refractivity contribution >= 4 is 33.2 Å². The number of methoxy groups -OCH3 is 2. The largest absolute Gasteiger partial charge is 0.493 e. The fourth-order valence-electron chi connectivity index (χ4n) is 2.87. The van der Waals surface area contributed by atoms with Crippen molar-refractivity contribution < 1.29 is 9.47 Å². The number of hydrogen-bond acceptors (Lipinski definition) is 4. The van der Waals surface area contributed by atoms with Gasteiger partial charge in [-0.15, -0.1) is 0 Å². The summed E-state index contributed by atoms with van der Waals surface area (Å²) in [5.41, 5.74) is 3.95. The molecule has 0 saturated heterocycles. The van der Waals surface area contributed by atoms with E-state index in [0.717, 1.165) is 33.2 Å². The first kappa shape index (κ1) is 14.4. The number of hydrogen-bond donors (Lipinski definition) is 2. The predicted octanol–water partition coefficient (Wildman–Crippen LogP) is 4.48. The third-order valence-electron chi connectivity index (χ3n) is 4.08. The quantitative estimate of drug-likeness (QED) is 0.582. The van der Waals surface area contributed by atoms with Crippen LogP contribution in [-0.2, 0) is 0 Å². The molecule has 0 amide bonds. The first-order valence-electron chi connectivity index (χ1n) is 7.63. The summed E-state index contributed by atoms with van der Waals surface area (Å²) in [4.78, 5) is 7.63. The predicted molar refractivity (Wildman–Crippen MR) is 96.4 cm³/mol. The van der Waals surface area contributed by atoms with Crippen molar-refractivity contribution in [2.75, 3.05) is 19.5 Å². The molecule has 0 aliphatic rings. The molecule has 2 N–H and O–H groups in total. The molecule has 2 aromatic heterocycles. The molecule has 0 aliphatic carbocycles. The van der Waals surface area contributed by atoms with E-state index in [1.165, 1.54) is 0 Å². The molecule has 0 unspecified atom stereocenters. The van der Waals surface area contributed by atoms with E-state index in [-0.39, 0.29) is 0 Å². The minimum atomic E-state index is 0.670. The lowest BCUT2D eigenvalue weighted by Crippen LogP contribution is -1.95. The van der Waals surface area contributed by atoms with Crippen LogP contribution in [0.4, 0.5) is 11.4 Å². The molecule has 0 spiro atoms. The van der Waals surface area contributed by atoms with Gasteiger partial charge in [0.1, 0.15) is 0 Å². The van der Waals surface area contributed by atoms with Crippen LogP contribution in [-0.4, -0.2) is 24.2 Å². The van der Waals surface area contributed by atoms with Gasteiger partial charge in [-0.25, -0.2) is 0 Å². The van der Waals surface area contributed by atoms with E-state index in [9.17, 15) is 0 Å². The second-order valence-electron chi connectivity index (χ2n) is 5.49. The second kappa shape index (κ2) is 5.77. The number of nitrogens with zero attached hydrogens (tertiary/aromatic N) is 1. The molecule has 5 heteroatoms. The smallest absolute Gasteiger partial charge is 0.162 e. The van der Waals surface area contributed by atoms with Gasteiger partial charge in [0, 0.05) is 46.1 Å². The Hall–Kier alpha value is -3.21. The number of rotatable bonds is 4. The van der Waals surface area contributed by atoms with Gasteiger partial charge < -0.3 is 19.8 Å². The summed E-state index contributed by atoms with van der Waals surface area (Å²) in [7, 11) is 3.25. The van der Waals surface area contributed by atoms with Gasteiger partial charge in [0.15, 0.2) is 11.5 Å². The molecule has 120 valence electrons. The molecular weight excluding hydrogens is 302 g/mol. The number of pyridine rings is 1. The average Bonchev–Trinajstić information content (AvgIpc) is 3.08. The van der Waals surface area contributed by atoms with Crippen LogP contribution in [0.5, 0.6) is 11.5 Å². The summed E-state index contributed by atoms with van der Waals surface area (Å²) < 4.78 is 10.8. The zero-order chi connectivity index (χ0) is 16.5. The molecule has 0 saturated carbocycles. The van der Waals surface area contributed by atoms with E-state index in [4.69, 9.17) is 9.47 Å². The molecule has 4 aromatic rings. The Morgan fingerprint density at radius 3 is 2.62 bits per heavy atom. The van der Waals surface area contributed by atoms with E-state index >= 15 is 0 Å². The lowest BCUT2D eigenvalue weighted by molar-refractivity contribution is 0.356. The van der Waals surface area contributed by atoms with Crippen LogP contribution in [0.15, 0.2) is 54.9 Å². The summed E-state index contributed by atoms with van der Waals surface area (Å²) in [6.07, 6.45) is 3.72. The summed E-state index contributed by atoms with van der Waals surface area (Å²) in [5.74, 6) is 1.35. The van der Waals surface area contributed by atoms with Gasteiger partial charge in [-0.1, -0.05) is 0 Å². The van der Waals surface area contributed by atoms with Crippen LogP contribution in [0.3, 0.4) is 0 Å². The van der Waals surface area contributed by atoms with Crippen LogP contribution < -0.4 is 14.8 Å². The van der Waals surface area contributed by atoms with E-state index in [1.807, 2.05) is 30.5 Å². The molecule has 0 aliphatic heterocycles. The average molecular weight is 319 g/mol. The van der Waals surface area contributed by atoms with E-state index in [1.54, 1.807) is 20.4 Å². The first-order chi connectivity index (χ1) is 11.8. The van der Waals surface area contributed by atoms with Crippen molar-refractivity contribution in [3.63, 3.8) is 0 Å². The molecule has 0 fully saturated rings. The number of nitrogens with one attached hydrogen (secondary N) is 2. The van der Waals surface area contributed by atoms with Crippen LogP contribution in [0, 0.1) is 0 Å². The Kier molecular flexibility index (Phi) is 3.46. The van der Waals surface area contributed by atoms with Crippen molar-refractivity contribution in [2.45, 2.75) is 0 Å². The van der Waals surface area contributed by atoms with Gasteiger partial charge >= 0.3 is 0 Å². The highest BCUT2D eigenvalue weighted by atomic mass is 16.5. The van der Waals surface area contributed by atoms with Crippen LogP contribution >= 0.6 is 0 Å². The Morgan fingerprint density at radius 2 is 1.79 bits per heavy atom. The number of anilines is 2. The molecule has 0 bridgehead atoms. The van der Waals surface area contributed by atoms with Gasteiger partial charge in [0.05, 0.1) is 19.7 Å². The maximum Gasteiger partial charge on any atom is 0.162 e. The number of ether oxygens (including phenoxy) is 2. The number of fused-ring (bicyclic) bond motifs is 2. The highest BCUT2D eigenvalue weighted by Crippen LogP contribution is 2.35. The Morgan fingerprint density at radius 1 is 0.958 bits per heavy atom. The summed E-state index contributed by atoms with van der Waals surface area (Å²) in [6, 6.07) is 14.1. The number of benzene rings is 2. The molecule has 0 atom stereocenters. The van der Waals surface area contributed by atoms with Crippen molar-refractivity contribution in [1.82, 2.24) is 9.97 Å². The SMILES string of the molecule is COc1cc2nccc(Nc3ccc4[nH]ccc4c3)c2cc1OC. The number of aromatic amines is 1. The summed E-state index contributed by atoms with van der Waals surface area (Å²) in [5, 5.41) is 5.61. The zero-order valence-electron chi connectivity index (χ0n) is 13.5. The maximum absolute atomic E-state index is 5.41. The highest BCUT2D eigenvalue weighted by molar-refractivity contribution is 5.95. The molecule has 2 heterocycles. The monoisotopic (exact) mass is 319 g/mol. The van der Waals surface area contributed by atoms with Crippen molar-refractivity contribution in [2.24, 2.45) is 0 Å². The van der Waals surface area contributed by atoms with Crippen molar-refractivity contribution in [3.8, 4) is 11.5 Å². The minimum Gasteiger partial charge on any atom is -0.493 e. The summed E-state index contributed by atoms with van der Waals surface area (Å²) in [6.45, 7) is 0. The van der Waals surface area contributed by atoms with E-state index in [0.29, 0.717) is 11.5 Å². The second-order valence-corrected chi connectivity index (χ2v) is 5.49. The molecule has 4 rings (SSSR count). The van der Waals surface area contributed by atoms with Gasteiger partial charge in [-0.3, -0.25) is 4.98 Å². The lowest BCUT2D eigenvalue weighted by atomic mass is 10.1. The van der Waals surface area contributed by atoms with Crippen LogP contribution in [0.1, 0.15) is 0 Å². The fourth-order valence-corrected chi connectivity index (χ4v) is 2.87. The zero-order valence-corrected chi connectivity index (χ0v) is 13.5. The summed E-state index contributed by atoms with van der Waals surface area (Å²) >= 11 is 0. The molecular formula is C19H17N3O2. The number of H-pyrrole nitrogens is 1. The highest BCUT2D eigenvalue weighted by Gasteiger charge is 2.10. The fraction of sp³-hybridized carbons (Fsp3) is 0.105. The Labute approximate surface area is 139 Å². The lowest BCUT2D eigenvalue weighted by Gasteiger charge is -2.13. The third-order valence-corrected chi connectivity index (χ3v) is 4.08. The third kappa shape index (κ3) is 2.40. The van der Waals surface area contributed by atoms with Gasteiger partial charge in [0.25, 0.3) is 0 Å². The van der Waals surface area contributed by atoms with Crippen molar-refractivity contribution in [1.29, 1.82) is 0 Å². The van der Waals surface area contributed by atoms with E-state index < -0.39 is 0 Å². The normalized spacial score (nSPS) is 10.9. The number of aromatic nitrogens is 2. The molecule has 5 nitrogen and oxygen atoms in total. The maximum atomic E-state index is 5.41. The van der Waals surface area contributed by atoms with Gasteiger partial charge in [0.2, 0.25) is 0 Å². The van der Waals surface area contributed by atoms with Crippen LogP contribution in [0.25, 0.3) is 21.8 Å². The minimum absolute atomic E-state index is 0.670. The van der Waals surface area contributed by atoms with Crippen molar-refractivity contribution in [3.05, 3.63) is 54.9 Å². The molecule has 2 aromatic carbocycles.